The van der Waals surface area contributed by atoms with Gasteiger partial charge in [-0.05, 0) is 36.6 Å². The standard InChI is InChI=1S/C25H28N6O/c1-2-31-22(12-14-28-31)23(32)30-15-13-25(18-30)24(26-16-19-8-4-3-5-9-19)29-21-11-7-6-10-20(21)17-27-25/h3-12,14,27H,2,13,15-18H2,1H3,(H,26,29)/t25-/m0/s1. The SMILES string of the molecule is CCn1nccc1C(=O)N1CC[C@@]2(C1)NCc1ccccc1NC2=NCc1ccccc1. The monoisotopic (exact) mass is 428 g/mol. The van der Waals surface area contributed by atoms with Gasteiger partial charge in [0.25, 0.3) is 5.91 Å². The molecule has 0 saturated carbocycles. The lowest BCUT2D eigenvalue weighted by molar-refractivity contribution is 0.0773. The topological polar surface area (TPSA) is 74.6 Å². The summed E-state index contributed by atoms with van der Waals surface area (Å²) in [5, 5.41) is 11.6. The molecule has 1 atom stereocenters. The molecule has 7 heteroatoms. The molecular weight excluding hydrogens is 400 g/mol. The van der Waals surface area contributed by atoms with Gasteiger partial charge < -0.3 is 10.2 Å². The van der Waals surface area contributed by atoms with Crippen molar-refractivity contribution in [2.75, 3.05) is 18.4 Å². The Hall–Kier alpha value is -3.45. The highest BCUT2D eigenvalue weighted by Crippen LogP contribution is 2.30. The van der Waals surface area contributed by atoms with Crippen LogP contribution in [0, 0.1) is 0 Å². The first-order chi connectivity index (χ1) is 15.7. The molecule has 0 bridgehead atoms. The van der Waals surface area contributed by atoms with E-state index in [1.54, 1.807) is 16.9 Å². The predicted octanol–water partition coefficient (Wildman–Crippen LogP) is 3.30. The van der Waals surface area contributed by atoms with Gasteiger partial charge in [0.2, 0.25) is 0 Å². The maximum atomic E-state index is 13.3. The van der Waals surface area contributed by atoms with Gasteiger partial charge in [0.15, 0.2) is 0 Å². The second-order valence-corrected chi connectivity index (χ2v) is 8.38. The highest BCUT2D eigenvalue weighted by molar-refractivity contribution is 6.05. The Morgan fingerprint density at radius 1 is 1.12 bits per heavy atom. The normalized spacial score (nSPS) is 21.4. The third-order valence-electron chi connectivity index (χ3n) is 6.40. The number of benzene rings is 2. The van der Waals surface area contributed by atoms with Gasteiger partial charge in [0.05, 0.1) is 12.1 Å². The summed E-state index contributed by atoms with van der Waals surface area (Å²) in [6, 6.07) is 20.4. The fourth-order valence-electron chi connectivity index (χ4n) is 4.59. The van der Waals surface area contributed by atoms with Crippen LogP contribution in [-0.4, -0.2) is 45.1 Å². The molecule has 0 aliphatic carbocycles. The number of para-hydroxylation sites is 1. The Morgan fingerprint density at radius 2 is 1.94 bits per heavy atom. The van der Waals surface area contributed by atoms with E-state index in [4.69, 9.17) is 4.99 Å². The zero-order chi connectivity index (χ0) is 22.0. The maximum absolute atomic E-state index is 13.3. The summed E-state index contributed by atoms with van der Waals surface area (Å²) in [5.41, 5.74) is 3.65. The number of hydrogen-bond donors (Lipinski definition) is 2. The minimum atomic E-state index is -0.416. The van der Waals surface area contributed by atoms with Crippen molar-refractivity contribution in [2.24, 2.45) is 4.99 Å². The highest BCUT2D eigenvalue weighted by atomic mass is 16.2. The minimum Gasteiger partial charge on any atom is -0.342 e. The fraction of sp³-hybridized carbons (Fsp3) is 0.320. The number of fused-ring (bicyclic) bond motifs is 1. The number of aromatic nitrogens is 2. The van der Waals surface area contributed by atoms with Gasteiger partial charge >= 0.3 is 0 Å². The first-order valence-electron chi connectivity index (χ1n) is 11.2. The molecule has 7 nitrogen and oxygen atoms in total. The first kappa shape index (κ1) is 20.5. The molecule has 2 aliphatic rings. The molecule has 1 fully saturated rings. The third kappa shape index (κ3) is 3.80. The molecule has 2 aromatic carbocycles. The van der Waals surface area contributed by atoms with E-state index in [2.05, 4.69) is 46.1 Å². The molecule has 3 aromatic rings. The zero-order valence-electron chi connectivity index (χ0n) is 18.3. The highest BCUT2D eigenvalue weighted by Gasteiger charge is 2.45. The summed E-state index contributed by atoms with van der Waals surface area (Å²) in [7, 11) is 0. The van der Waals surface area contributed by atoms with Gasteiger partial charge in [0.1, 0.15) is 11.5 Å². The molecule has 3 heterocycles. The largest absolute Gasteiger partial charge is 0.342 e. The fourth-order valence-corrected chi connectivity index (χ4v) is 4.59. The Labute approximate surface area is 188 Å². The molecule has 32 heavy (non-hydrogen) atoms. The van der Waals surface area contributed by atoms with Crippen LogP contribution in [0.4, 0.5) is 5.69 Å². The summed E-state index contributed by atoms with van der Waals surface area (Å²) in [5.74, 6) is 0.915. The van der Waals surface area contributed by atoms with E-state index in [9.17, 15) is 4.79 Å². The van der Waals surface area contributed by atoms with Gasteiger partial charge in [-0.3, -0.25) is 19.8 Å². The quantitative estimate of drug-likeness (QED) is 0.669. The van der Waals surface area contributed by atoms with E-state index < -0.39 is 5.54 Å². The van der Waals surface area contributed by atoms with Crippen molar-refractivity contribution in [3.05, 3.63) is 83.7 Å². The van der Waals surface area contributed by atoms with E-state index in [0.717, 1.165) is 30.1 Å². The number of amidine groups is 1. The molecule has 1 saturated heterocycles. The Morgan fingerprint density at radius 3 is 2.78 bits per heavy atom. The molecule has 0 radical (unpaired) electrons. The summed E-state index contributed by atoms with van der Waals surface area (Å²) >= 11 is 0. The van der Waals surface area contributed by atoms with E-state index in [-0.39, 0.29) is 5.91 Å². The first-order valence-corrected chi connectivity index (χ1v) is 11.2. The summed E-state index contributed by atoms with van der Waals surface area (Å²) in [6.45, 7) is 5.22. The molecule has 1 aromatic heterocycles. The molecule has 2 N–H and O–H groups in total. The van der Waals surface area contributed by atoms with E-state index in [1.807, 2.05) is 36.1 Å². The van der Waals surface area contributed by atoms with Crippen molar-refractivity contribution in [1.29, 1.82) is 0 Å². The smallest absolute Gasteiger partial charge is 0.272 e. The van der Waals surface area contributed by atoms with Crippen molar-refractivity contribution in [2.45, 2.75) is 38.5 Å². The molecule has 2 aliphatic heterocycles. The average Bonchev–Trinajstić information content (AvgIpc) is 3.46. The number of nitrogens with zero attached hydrogens (tertiary/aromatic N) is 4. The van der Waals surface area contributed by atoms with Crippen LogP contribution in [0.15, 0.2) is 71.9 Å². The van der Waals surface area contributed by atoms with Gasteiger partial charge in [-0.25, -0.2) is 0 Å². The summed E-state index contributed by atoms with van der Waals surface area (Å²) in [4.78, 5) is 20.2. The van der Waals surface area contributed by atoms with Gasteiger partial charge in [-0.15, -0.1) is 0 Å². The molecular formula is C25H28N6O. The summed E-state index contributed by atoms with van der Waals surface area (Å²) < 4.78 is 1.76. The Kier molecular flexibility index (Phi) is 5.49. The predicted molar refractivity (Wildman–Crippen MR) is 126 cm³/mol. The van der Waals surface area contributed by atoms with Crippen molar-refractivity contribution >= 4 is 17.4 Å². The van der Waals surface area contributed by atoms with E-state index >= 15 is 0 Å². The molecule has 1 amide bonds. The van der Waals surface area contributed by atoms with Gasteiger partial charge in [-0.1, -0.05) is 48.5 Å². The molecule has 5 rings (SSSR count). The maximum Gasteiger partial charge on any atom is 0.272 e. The van der Waals surface area contributed by atoms with Gasteiger partial charge in [-0.2, -0.15) is 5.10 Å². The van der Waals surface area contributed by atoms with Crippen molar-refractivity contribution in [3.8, 4) is 0 Å². The van der Waals surface area contributed by atoms with Crippen LogP contribution in [0.3, 0.4) is 0 Å². The van der Waals surface area contributed by atoms with Crippen LogP contribution in [0.5, 0.6) is 0 Å². The van der Waals surface area contributed by atoms with Crippen LogP contribution in [0.1, 0.15) is 35.0 Å². The molecule has 0 unspecified atom stereocenters. The number of nitrogens with one attached hydrogen (secondary N) is 2. The number of carbonyl (C=O) groups excluding carboxylic acids is 1. The zero-order valence-corrected chi connectivity index (χ0v) is 18.3. The van der Waals surface area contributed by atoms with E-state index in [1.165, 1.54) is 5.56 Å². The van der Waals surface area contributed by atoms with E-state index in [0.29, 0.717) is 31.9 Å². The van der Waals surface area contributed by atoms with Crippen molar-refractivity contribution < 1.29 is 4.79 Å². The lowest BCUT2D eigenvalue weighted by Gasteiger charge is -2.30. The number of aliphatic imine (C=N–C) groups is 1. The number of amides is 1. The number of likely N-dealkylation sites (tertiary alicyclic amines) is 1. The van der Waals surface area contributed by atoms with Gasteiger partial charge in [0, 0.05) is 38.1 Å². The Balaban J connectivity index is 1.45. The summed E-state index contributed by atoms with van der Waals surface area (Å²) in [6.07, 6.45) is 2.49. The second kappa shape index (κ2) is 8.59. The van der Waals surface area contributed by atoms with Crippen molar-refractivity contribution in [3.63, 3.8) is 0 Å². The lowest BCUT2D eigenvalue weighted by atomic mass is 9.96. The van der Waals surface area contributed by atoms with Crippen LogP contribution < -0.4 is 10.6 Å². The number of carbonyl (C=O) groups is 1. The number of rotatable bonds is 4. The second-order valence-electron chi connectivity index (χ2n) is 8.38. The van der Waals surface area contributed by atoms with Crippen LogP contribution in [-0.2, 0) is 19.6 Å². The minimum absolute atomic E-state index is 0.0206. The Bertz CT molecular complexity index is 1140. The molecule has 1 spiro atoms. The van der Waals surface area contributed by atoms with Crippen molar-refractivity contribution in [1.82, 2.24) is 20.0 Å². The number of anilines is 1. The number of hydrogen-bond acceptors (Lipinski definition) is 4. The van der Waals surface area contributed by atoms with Crippen LogP contribution in [0.25, 0.3) is 0 Å². The van der Waals surface area contributed by atoms with Crippen LogP contribution in [0.2, 0.25) is 0 Å². The average molecular weight is 429 g/mol. The third-order valence-corrected chi connectivity index (χ3v) is 6.40. The molecule has 164 valence electrons. The number of aryl methyl sites for hydroxylation is 1. The lowest BCUT2D eigenvalue weighted by Crippen LogP contribution is -2.55. The van der Waals surface area contributed by atoms with Crippen LogP contribution >= 0.6 is 0 Å².